The third-order valence-electron chi connectivity index (χ3n) is 10.1. The van der Waals surface area contributed by atoms with Crippen LogP contribution in [-0.4, -0.2) is 87.8 Å². The van der Waals surface area contributed by atoms with Gasteiger partial charge in [0.25, 0.3) is 0 Å². The monoisotopic (exact) mass is 820 g/mol. The van der Waals surface area contributed by atoms with Crippen molar-refractivity contribution in [3.05, 3.63) is 126 Å². The number of amides is 4. The number of benzene rings is 4. The van der Waals surface area contributed by atoms with Crippen molar-refractivity contribution in [3.8, 4) is 5.75 Å². The molecule has 60 heavy (non-hydrogen) atoms. The molecular weight excluding hydrogens is 765 g/mol. The number of alkyl carbamates (subject to hydrolysis) is 1. The number of rotatable bonds is 21. The molecule has 0 bridgehead atoms. The minimum atomic E-state index is -1.53. The second kappa shape index (κ2) is 22.2. The third-order valence-corrected chi connectivity index (χ3v) is 10.1. The van der Waals surface area contributed by atoms with Gasteiger partial charge >= 0.3 is 6.09 Å². The SMILES string of the molecule is COc1ccc(CN[C@@H](C(=O)N[C@H](C(=O)NCCn2nnc3ccccc32)C(C)C)[C@H](O)[C@H](Cc2ccccc2)NC(=O)[C@@H](NC(=O)OCc2ccccc2)C(C)C)cc1. The number of hydrogen-bond acceptors (Lipinski definition) is 10. The summed E-state index contributed by atoms with van der Waals surface area (Å²) in [4.78, 5) is 55.0. The number of hydrogen-bond donors (Lipinski definition) is 6. The number of aliphatic hydroxyl groups excluding tert-OH is 1. The van der Waals surface area contributed by atoms with E-state index in [9.17, 15) is 24.3 Å². The van der Waals surface area contributed by atoms with Crippen LogP contribution in [0.4, 0.5) is 4.79 Å². The van der Waals surface area contributed by atoms with Gasteiger partial charge in [-0.3, -0.25) is 19.7 Å². The van der Waals surface area contributed by atoms with Crippen molar-refractivity contribution in [2.24, 2.45) is 11.8 Å². The van der Waals surface area contributed by atoms with Crippen LogP contribution in [0.25, 0.3) is 11.0 Å². The summed E-state index contributed by atoms with van der Waals surface area (Å²) in [5.41, 5.74) is 3.93. The lowest BCUT2D eigenvalue weighted by atomic mass is 9.93. The van der Waals surface area contributed by atoms with Gasteiger partial charge in [0.15, 0.2) is 0 Å². The van der Waals surface area contributed by atoms with Gasteiger partial charge < -0.3 is 35.8 Å². The molecule has 0 radical (unpaired) electrons. The largest absolute Gasteiger partial charge is 0.497 e. The first-order valence-corrected chi connectivity index (χ1v) is 20.2. The number of fused-ring (bicyclic) bond motifs is 1. The predicted octanol–water partition coefficient (Wildman–Crippen LogP) is 3.89. The lowest BCUT2D eigenvalue weighted by molar-refractivity contribution is -0.134. The van der Waals surface area contributed by atoms with Gasteiger partial charge in [-0.05, 0) is 59.2 Å². The van der Waals surface area contributed by atoms with E-state index in [-0.39, 0.29) is 38.0 Å². The molecule has 0 unspecified atom stereocenters. The van der Waals surface area contributed by atoms with Gasteiger partial charge in [-0.15, -0.1) is 5.10 Å². The molecule has 0 aliphatic heterocycles. The summed E-state index contributed by atoms with van der Waals surface area (Å²) < 4.78 is 12.4. The molecule has 6 N–H and O–H groups in total. The summed E-state index contributed by atoms with van der Waals surface area (Å²) in [6.45, 7) is 7.93. The van der Waals surface area contributed by atoms with Crippen molar-refractivity contribution in [2.75, 3.05) is 13.7 Å². The number of nitrogens with zero attached hydrogens (tertiary/aromatic N) is 3. The number of aliphatic hydroxyl groups is 1. The quantitative estimate of drug-likeness (QED) is 0.0632. The number of carbonyl (C=O) groups excluding carboxylic acids is 4. The standard InChI is InChI=1S/C45H56N8O7/c1-29(2)38(42(55)46-24-25-53-37-19-13-12-18-35(37)51-52-53)49-44(57)40(47-27-32-20-22-34(59-5)23-21-32)41(54)36(26-31-14-8-6-9-15-31)48-43(56)39(30(3)4)50-45(58)60-28-33-16-10-7-11-17-33/h6-23,29-30,36,38-41,47,54H,24-28H2,1-5H3,(H,46,55)(H,48,56)(H,49,57)(H,50,58)/t36-,38-,39-,40+,41+/m0/s1. The van der Waals surface area contributed by atoms with Gasteiger partial charge in [0.05, 0.1) is 31.3 Å². The number of ether oxygens (including phenoxy) is 2. The van der Waals surface area contributed by atoms with Gasteiger partial charge in [-0.2, -0.15) is 0 Å². The van der Waals surface area contributed by atoms with Gasteiger partial charge in [0, 0.05) is 13.1 Å². The third kappa shape index (κ3) is 12.8. The van der Waals surface area contributed by atoms with E-state index in [2.05, 4.69) is 36.9 Å². The average Bonchev–Trinajstić information content (AvgIpc) is 3.67. The van der Waals surface area contributed by atoms with Crippen LogP contribution in [0.3, 0.4) is 0 Å². The second-order valence-corrected chi connectivity index (χ2v) is 15.3. The lowest BCUT2D eigenvalue weighted by Gasteiger charge is -2.33. The highest BCUT2D eigenvalue weighted by molar-refractivity contribution is 5.91. The topological polar surface area (TPSA) is 198 Å². The molecule has 5 atom stereocenters. The molecule has 0 spiro atoms. The molecule has 15 heteroatoms. The molecule has 0 saturated heterocycles. The van der Waals surface area contributed by atoms with Crippen LogP contribution in [0.1, 0.15) is 44.4 Å². The van der Waals surface area contributed by atoms with E-state index >= 15 is 0 Å². The zero-order valence-corrected chi connectivity index (χ0v) is 34.7. The van der Waals surface area contributed by atoms with E-state index in [0.29, 0.717) is 12.3 Å². The van der Waals surface area contributed by atoms with Gasteiger partial charge in [-0.25, -0.2) is 9.48 Å². The summed E-state index contributed by atoms with van der Waals surface area (Å²) in [5.74, 6) is -1.69. The fraction of sp³-hybridized carbons (Fsp3) is 0.378. The Labute approximate surface area is 350 Å². The highest BCUT2D eigenvalue weighted by Gasteiger charge is 2.38. The Balaban J connectivity index is 1.35. The van der Waals surface area contributed by atoms with E-state index < -0.39 is 54.1 Å². The maximum atomic E-state index is 14.4. The Morgan fingerprint density at radius 2 is 1.28 bits per heavy atom. The van der Waals surface area contributed by atoms with E-state index in [4.69, 9.17) is 9.47 Å². The predicted molar refractivity (Wildman–Crippen MR) is 227 cm³/mol. The van der Waals surface area contributed by atoms with Crippen molar-refractivity contribution in [1.82, 2.24) is 41.6 Å². The van der Waals surface area contributed by atoms with Crippen LogP contribution in [0, 0.1) is 11.8 Å². The number of para-hydroxylation sites is 1. The normalized spacial score (nSPS) is 13.8. The zero-order chi connectivity index (χ0) is 43.0. The molecule has 0 fully saturated rings. The maximum absolute atomic E-state index is 14.4. The summed E-state index contributed by atoms with van der Waals surface area (Å²) in [7, 11) is 1.57. The molecule has 318 valence electrons. The number of carbonyl (C=O) groups is 4. The van der Waals surface area contributed by atoms with Crippen LogP contribution in [-0.2, 0) is 45.2 Å². The molecule has 4 amide bonds. The van der Waals surface area contributed by atoms with Crippen LogP contribution < -0.4 is 31.3 Å². The number of nitrogens with one attached hydrogen (secondary N) is 5. The summed E-state index contributed by atoms with van der Waals surface area (Å²) in [6.07, 6.45) is -2.17. The first-order valence-electron chi connectivity index (χ1n) is 20.2. The lowest BCUT2D eigenvalue weighted by Crippen LogP contribution is -2.63. The fourth-order valence-corrected chi connectivity index (χ4v) is 6.65. The van der Waals surface area contributed by atoms with E-state index in [1.807, 2.05) is 111 Å². The Morgan fingerprint density at radius 3 is 1.93 bits per heavy atom. The smallest absolute Gasteiger partial charge is 0.408 e. The molecule has 0 saturated carbocycles. The maximum Gasteiger partial charge on any atom is 0.408 e. The molecule has 1 heterocycles. The summed E-state index contributed by atoms with van der Waals surface area (Å²) in [6, 6.07) is 28.8. The van der Waals surface area contributed by atoms with Crippen molar-refractivity contribution in [2.45, 2.75) is 84.1 Å². The first-order chi connectivity index (χ1) is 28.9. The second-order valence-electron chi connectivity index (χ2n) is 15.3. The molecule has 5 aromatic rings. The Hall–Kier alpha value is -6.32. The average molecular weight is 821 g/mol. The minimum Gasteiger partial charge on any atom is -0.497 e. The summed E-state index contributed by atoms with van der Waals surface area (Å²) >= 11 is 0. The van der Waals surface area contributed by atoms with Crippen molar-refractivity contribution in [1.29, 1.82) is 0 Å². The number of aromatic nitrogens is 3. The Kier molecular flexibility index (Phi) is 16.5. The molecule has 0 aliphatic rings. The molecule has 0 aliphatic carbocycles. The molecule has 15 nitrogen and oxygen atoms in total. The van der Waals surface area contributed by atoms with E-state index in [1.54, 1.807) is 37.8 Å². The van der Waals surface area contributed by atoms with E-state index in [0.717, 1.165) is 27.7 Å². The molecule has 5 rings (SSSR count). The van der Waals surface area contributed by atoms with Crippen molar-refractivity contribution in [3.63, 3.8) is 0 Å². The highest BCUT2D eigenvalue weighted by atomic mass is 16.5. The Morgan fingerprint density at radius 1 is 0.683 bits per heavy atom. The highest BCUT2D eigenvalue weighted by Crippen LogP contribution is 2.16. The summed E-state index contributed by atoms with van der Waals surface area (Å²) in [5, 5.41) is 35.2. The number of methoxy groups -OCH3 is 1. The van der Waals surface area contributed by atoms with Crippen LogP contribution in [0.15, 0.2) is 109 Å². The molecule has 4 aromatic carbocycles. The van der Waals surface area contributed by atoms with Gasteiger partial charge in [-0.1, -0.05) is 118 Å². The van der Waals surface area contributed by atoms with Gasteiger partial charge in [0.2, 0.25) is 17.7 Å². The van der Waals surface area contributed by atoms with Crippen LogP contribution in [0.5, 0.6) is 5.75 Å². The van der Waals surface area contributed by atoms with E-state index in [1.165, 1.54) is 0 Å². The van der Waals surface area contributed by atoms with Crippen molar-refractivity contribution < 1.29 is 33.8 Å². The fourth-order valence-electron chi connectivity index (χ4n) is 6.65. The Bertz CT molecular complexity index is 2130. The van der Waals surface area contributed by atoms with Crippen LogP contribution >= 0.6 is 0 Å². The molecule has 1 aromatic heterocycles. The van der Waals surface area contributed by atoms with Gasteiger partial charge in [0.1, 0.15) is 36.0 Å². The molecular formula is C45H56N8O7. The minimum absolute atomic E-state index is 0.0134. The zero-order valence-electron chi connectivity index (χ0n) is 34.7. The van der Waals surface area contributed by atoms with Crippen LogP contribution in [0.2, 0.25) is 0 Å². The first kappa shape index (κ1) is 44.8. The van der Waals surface area contributed by atoms with Crippen molar-refractivity contribution >= 4 is 34.8 Å².